The van der Waals surface area contributed by atoms with Crippen molar-refractivity contribution >= 4 is 23.1 Å². The quantitative estimate of drug-likeness (QED) is 0.807. The van der Waals surface area contributed by atoms with Crippen molar-refractivity contribution in [2.45, 2.75) is 26.7 Å². The molecule has 0 aromatic carbocycles. The summed E-state index contributed by atoms with van der Waals surface area (Å²) in [7, 11) is 4.14. The van der Waals surface area contributed by atoms with E-state index in [4.69, 9.17) is 17.2 Å². The van der Waals surface area contributed by atoms with Gasteiger partial charge in [0, 0.05) is 56.9 Å². The van der Waals surface area contributed by atoms with Gasteiger partial charge in [0.05, 0.1) is 0 Å². The number of aromatic nitrogens is 2. The molecule has 0 radical (unpaired) electrons. The van der Waals surface area contributed by atoms with Crippen LogP contribution < -0.4 is 10.2 Å². The predicted molar refractivity (Wildman–Crippen MR) is 104 cm³/mol. The SMILES string of the molecule is Cc1cc(N2CCN(C(=S)NCCN(C)C)CC2)nc(C(C)C)n1. The van der Waals surface area contributed by atoms with Gasteiger partial charge in [0.1, 0.15) is 11.6 Å². The summed E-state index contributed by atoms with van der Waals surface area (Å²) in [6.45, 7) is 11.9. The van der Waals surface area contributed by atoms with Crippen LogP contribution in [-0.2, 0) is 0 Å². The minimum atomic E-state index is 0.346. The third-order valence-electron chi connectivity index (χ3n) is 4.10. The van der Waals surface area contributed by atoms with Gasteiger partial charge in [-0.3, -0.25) is 0 Å². The van der Waals surface area contributed by atoms with Gasteiger partial charge in [0.15, 0.2) is 5.11 Å². The molecule has 1 aliphatic rings. The first-order chi connectivity index (χ1) is 11.4. The molecule has 6 nitrogen and oxygen atoms in total. The zero-order valence-electron chi connectivity index (χ0n) is 15.5. The van der Waals surface area contributed by atoms with Crippen LogP contribution >= 0.6 is 12.2 Å². The fraction of sp³-hybridized carbons (Fsp3) is 0.706. The molecule has 1 fully saturated rings. The summed E-state index contributed by atoms with van der Waals surface area (Å²) in [6, 6.07) is 2.08. The van der Waals surface area contributed by atoms with Crippen LogP contribution in [-0.4, -0.2) is 78.2 Å². The van der Waals surface area contributed by atoms with E-state index in [1.54, 1.807) is 0 Å². The average molecular weight is 351 g/mol. The molecule has 0 spiro atoms. The van der Waals surface area contributed by atoms with Gasteiger partial charge >= 0.3 is 0 Å². The molecule has 2 heterocycles. The number of thiocarbonyl (C=S) groups is 1. The summed E-state index contributed by atoms with van der Waals surface area (Å²) in [5.74, 6) is 2.31. The molecule has 0 aliphatic carbocycles. The maximum atomic E-state index is 5.51. The lowest BCUT2D eigenvalue weighted by molar-refractivity contribution is 0.370. The lowest BCUT2D eigenvalue weighted by Gasteiger charge is -2.37. The molecule has 24 heavy (non-hydrogen) atoms. The molecule has 1 aliphatic heterocycles. The summed E-state index contributed by atoms with van der Waals surface area (Å²) < 4.78 is 0. The Labute approximate surface area is 151 Å². The van der Waals surface area contributed by atoms with Gasteiger partial charge in [-0.05, 0) is 33.2 Å². The van der Waals surface area contributed by atoms with E-state index >= 15 is 0 Å². The fourth-order valence-electron chi connectivity index (χ4n) is 2.63. The second-order valence-corrected chi connectivity index (χ2v) is 7.28. The number of nitrogens with zero attached hydrogens (tertiary/aromatic N) is 5. The van der Waals surface area contributed by atoms with Gasteiger partial charge in [-0.15, -0.1) is 0 Å². The van der Waals surface area contributed by atoms with E-state index < -0.39 is 0 Å². The Morgan fingerprint density at radius 2 is 1.92 bits per heavy atom. The normalized spacial score (nSPS) is 15.3. The topological polar surface area (TPSA) is 47.5 Å². The van der Waals surface area contributed by atoms with Gasteiger partial charge < -0.3 is 20.0 Å². The third kappa shape index (κ3) is 5.27. The number of aryl methyl sites for hydroxylation is 1. The highest BCUT2D eigenvalue weighted by Crippen LogP contribution is 2.18. The molecule has 134 valence electrons. The number of nitrogens with one attached hydrogen (secondary N) is 1. The highest BCUT2D eigenvalue weighted by Gasteiger charge is 2.20. The molecular formula is C17H30N6S. The smallest absolute Gasteiger partial charge is 0.169 e. The van der Waals surface area contributed by atoms with Crippen molar-refractivity contribution in [2.24, 2.45) is 0 Å². The van der Waals surface area contributed by atoms with Gasteiger partial charge in [-0.25, -0.2) is 9.97 Å². The first-order valence-corrected chi connectivity index (χ1v) is 9.05. The van der Waals surface area contributed by atoms with Crippen molar-refractivity contribution in [2.75, 3.05) is 58.3 Å². The standard InChI is InChI=1S/C17H30N6S/c1-13(2)16-19-14(3)12-15(20-16)22-8-10-23(11-9-22)17(24)18-6-7-21(4)5/h12-13H,6-11H2,1-5H3,(H,18,24). The average Bonchev–Trinajstić information content (AvgIpc) is 2.54. The van der Waals surface area contributed by atoms with E-state index in [1.807, 2.05) is 6.92 Å². The fourth-order valence-corrected chi connectivity index (χ4v) is 2.92. The number of hydrogen-bond donors (Lipinski definition) is 1. The lowest BCUT2D eigenvalue weighted by atomic mass is 10.2. The molecule has 0 saturated carbocycles. The summed E-state index contributed by atoms with van der Waals surface area (Å²) in [6.07, 6.45) is 0. The molecule has 1 saturated heterocycles. The third-order valence-corrected chi connectivity index (χ3v) is 4.50. The number of likely N-dealkylation sites (N-methyl/N-ethyl adjacent to an activating group) is 1. The van der Waals surface area contributed by atoms with E-state index in [0.717, 1.165) is 61.7 Å². The maximum absolute atomic E-state index is 5.51. The summed E-state index contributed by atoms with van der Waals surface area (Å²) >= 11 is 5.51. The monoisotopic (exact) mass is 350 g/mol. The molecule has 1 N–H and O–H groups in total. The van der Waals surface area contributed by atoms with E-state index in [9.17, 15) is 0 Å². The molecule has 1 aromatic rings. The Morgan fingerprint density at radius 1 is 1.25 bits per heavy atom. The molecule has 0 amide bonds. The van der Waals surface area contributed by atoms with Crippen molar-refractivity contribution < 1.29 is 0 Å². The second kappa shape index (κ2) is 8.58. The molecule has 1 aromatic heterocycles. The van der Waals surface area contributed by atoms with E-state index in [2.05, 4.69) is 59.0 Å². The van der Waals surface area contributed by atoms with Crippen LogP contribution in [0.1, 0.15) is 31.3 Å². The van der Waals surface area contributed by atoms with Crippen molar-refractivity contribution in [3.63, 3.8) is 0 Å². The van der Waals surface area contributed by atoms with Crippen LogP contribution in [0.5, 0.6) is 0 Å². The highest BCUT2D eigenvalue weighted by molar-refractivity contribution is 7.80. The molecule has 0 atom stereocenters. The Balaban J connectivity index is 1.89. The Hall–Kier alpha value is -1.47. The van der Waals surface area contributed by atoms with Crippen LogP contribution in [0.4, 0.5) is 5.82 Å². The van der Waals surface area contributed by atoms with E-state index in [-0.39, 0.29) is 0 Å². The number of anilines is 1. The number of rotatable bonds is 5. The van der Waals surface area contributed by atoms with Crippen LogP contribution in [0, 0.1) is 6.92 Å². The molecule has 7 heteroatoms. The van der Waals surface area contributed by atoms with Gasteiger partial charge in [0.2, 0.25) is 0 Å². The Morgan fingerprint density at radius 3 is 2.50 bits per heavy atom. The summed E-state index contributed by atoms with van der Waals surface area (Å²) in [5.41, 5.74) is 1.03. The number of piperazine rings is 1. The minimum absolute atomic E-state index is 0.346. The highest BCUT2D eigenvalue weighted by atomic mass is 32.1. The van der Waals surface area contributed by atoms with Crippen molar-refractivity contribution in [1.29, 1.82) is 0 Å². The van der Waals surface area contributed by atoms with Crippen LogP contribution in [0.3, 0.4) is 0 Å². The predicted octanol–water partition coefficient (Wildman–Crippen LogP) is 1.47. The van der Waals surface area contributed by atoms with Crippen LogP contribution in [0.15, 0.2) is 6.07 Å². The zero-order chi connectivity index (χ0) is 17.7. The minimum Gasteiger partial charge on any atom is -0.361 e. The van der Waals surface area contributed by atoms with E-state index in [1.165, 1.54) is 0 Å². The molecule has 2 rings (SSSR count). The second-order valence-electron chi connectivity index (χ2n) is 6.89. The summed E-state index contributed by atoms with van der Waals surface area (Å²) in [4.78, 5) is 16.0. The molecular weight excluding hydrogens is 320 g/mol. The molecule has 0 unspecified atom stereocenters. The van der Waals surface area contributed by atoms with E-state index in [0.29, 0.717) is 5.92 Å². The zero-order valence-corrected chi connectivity index (χ0v) is 16.4. The number of hydrogen-bond acceptors (Lipinski definition) is 5. The first kappa shape index (κ1) is 18.9. The Kier molecular flexibility index (Phi) is 6.74. The van der Waals surface area contributed by atoms with Gasteiger partial charge in [-0.1, -0.05) is 13.8 Å². The van der Waals surface area contributed by atoms with Crippen molar-refractivity contribution in [3.05, 3.63) is 17.6 Å². The van der Waals surface area contributed by atoms with Crippen LogP contribution in [0.25, 0.3) is 0 Å². The van der Waals surface area contributed by atoms with Gasteiger partial charge in [0.25, 0.3) is 0 Å². The largest absolute Gasteiger partial charge is 0.361 e. The lowest BCUT2D eigenvalue weighted by Crippen LogP contribution is -2.52. The van der Waals surface area contributed by atoms with Crippen molar-refractivity contribution in [1.82, 2.24) is 25.1 Å². The van der Waals surface area contributed by atoms with Crippen LogP contribution in [0.2, 0.25) is 0 Å². The first-order valence-electron chi connectivity index (χ1n) is 8.65. The van der Waals surface area contributed by atoms with Gasteiger partial charge in [-0.2, -0.15) is 0 Å². The van der Waals surface area contributed by atoms with Crippen molar-refractivity contribution in [3.8, 4) is 0 Å². The summed E-state index contributed by atoms with van der Waals surface area (Å²) in [5, 5.41) is 4.20. The maximum Gasteiger partial charge on any atom is 0.169 e. The molecule has 0 bridgehead atoms. The Bertz CT molecular complexity index is 552.